The fourth-order valence-corrected chi connectivity index (χ4v) is 6.63. The molecule has 1 aliphatic rings. The van der Waals surface area contributed by atoms with Gasteiger partial charge in [0.1, 0.15) is 0 Å². The first-order valence-electron chi connectivity index (χ1n) is 10.0. The average molecular weight is 439 g/mol. The molecule has 146 valence electrons. The molecule has 2 nitrogen and oxygen atoms in total. The maximum absolute atomic E-state index is 13.0. The van der Waals surface area contributed by atoms with Crippen LogP contribution in [-0.2, 0) is 9.53 Å². The molecule has 28 heavy (non-hydrogen) atoms. The van der Waals surface area contributed by atoms with Crippen LogP contribution < -0.4 is 4.46 Å². The van der Waals surface area contributed by atoms with E-state index >= 15 is 0 Å². The Morgan fingerprint density at radius 1 is 1.07 bits per heavy atom. The van der Waals surface area contributed by atoms with E-state index in [9.17, 15) is 4.79 Å². The Morgan fingerprint density at radius 2 is 1.79 bits per heavy atom. The first kappa shape index (κ1) is 20.7. The van der Waals surface area contributed by atoms with Crippen molar-refractivity contribution in [3.05, 3.63) is 66.2 Å². The Balaban J connectivity index is 1.82. The molecular formula is C25H28O2Se. The Kier molecular flexibility index (Phi) is 7.78. The summed E-state index contributed by atoms with van der Waals surface area (Å²) in [6, 6.07) is 20.7. The predicted octanol–water partition coefficient (Wildman–Crippen LogP) is 4.62. The van der Waals surface area contributed by atoms with Gasteiger partial charge in [0.15, 0.2) is 0 Å². The van der Waals surface area contributed by atoms with Gasteiger partial charge in [-0.2, -0.15) is 0 Å². The molecule has 0 amide bonds. The summed E-state index contributed by atoms with van der Waals surface area (Å²) in [6.07, 6.45) is 6.04. The molecule has 1 fully saturated rings. The average Bonchev–Trinajstić information content (AvgIpc) is 2.96. The molecule has 2 atom stereocenters. The van der Waals surface area contributed by atoms with E-state index in [0.717, 1.165) is 30.1 Å². The molecule has 3 heteroatoms. The molecule has 0 aliphatic heterocycles. The van der Waals surface area contributed by atoms with Crippen molar-refractivity contribution in [2.45, 2.75) is 43.8 Å². The molecule has 1 aliphatic carbocycles. The van der Waals surface area contributed by atoms with Gasteiger partial charge in [0.25, 0.3) is 0 Å². The molecule has 2 aromatic carbocycles. The Morgan fingerprint density at radius 3 is 2.50 bits per heavy atom. The number of methoxy groups -OCH3 is 1. The molecule has 0 radical (unpaired) electrons. The molecule has 3 rings (SSSR count). The van der Waals surface area contributed by atoms with E-state index in [1.807, 2.05) is 30.3 Å². The molecule has 2 aromatic rings. The van der Waals surface area contributed by atoms with Gasteiger partial charge in [-0.05, 0) is 0 Å². The number of rotatable bonds is 5. The van der Waals surface area contributed by atoms with Crippen molar-refractivity contribution >= 4 is 25.4 Å². The summed E-state index contributed by atoms with van der Waals surface area (Å²) in [5, 5.41) is 1.07. The minimum absolute atomic E-state index is 0.0642. The number of hydrogen-bond donors (Lipinski definition) is 0. The third-order valence-electron chi connectivity index (χ3n) is 5.65. The quantitative estimate of drug-likeness (QED) is 0.294. The summed E-state index contributed by atoms with van der Waals surface area (Å²) in [4.78, 5) is 13.0. The maximum atomic E-state index is 13.0. The van der Waals surface area contributed by atoms with Gasteiger partial charge in [-0.15, -0.1) is 0 Å². The topological polar surface area (TPSA) is 26.3 Å². The van der Waals surface area contributed by atoms with Crippen LogP contribution in [0.3, 0.4) is 0 Å². The van der Waals surface area contributed by atoms with Crippen LogP contribution >= 0.6 is 0 Å². The number of hydrogen-bond acceptors (Lipinski definition) is 2. The normalized spacial score (nSPS) is 21.8. The molecular weight excluding hydrogens is 411 g/mol. The van der Waals surface area contributed by atoms with Crippen LogP contribution in [0.25, 0.3) is 0 Å². The number of ether oxygens (including phenoxy) is 1. The van der Waals surface area contributed by atoms with Crippen molar-refractivity contribution in [2.24, 2.45) is 11.3 Å². The van der Waals surface area contributed by atoms with Gasteiger partial charge in [-0.1, -0.05) is 0 Å². The van der Waals surface area contributed by atoms with Crippen molar-refractivity contribution in [3.8, 4) is 11.8 Å². The van der Waals surface area contributed by atoms with Gasteiger partial charge in [0, 0.05) is 0 Å². The Bertz CT molecular complexity index is 807. The van der Waals surface area contributed by atoms with Crippen molar-refractivity contribution in [3.63, 3.8) is 0 Å². The first-order chi connectivity index (χ1) is 13.7. The second-order valence-electron chi connectivity index (χ2n) is 7.41. The summed E-state index contributed by atoms with van der Waals surface area (Å²) in [5.74, 6) is 6.87. The van der Waals surface area contributed by atoms with Crippen molar-refractivity contribution in [2.75, 3.05) is 7.11 Å². The monoisotopic (exact) mass is 440 g/mol. The summed E-state index contributed by atoms with van der Waals surface area (Å²) >= 11 is 0.363. The van der Waals surface area contributed by atoms with E-state index in [0.29, 0.717) is 27.3 Å². The van der Waals surface area contributed by atoms with Gasteiger partial charge >= 0.3 is 175 Å². The molecule has 0 unspecified atom stereocenters. The zero-order valence-corrected chi connectivity index (χ0v) is 18.2. The molecule has 1 saturated carbocycles. The zero-order valence-electron chi connectivity index (χ0n) is 16.5. The van der Waals surface area contributed by atoms with E-state index in [2.05, 4.69) is 42.2 Å². The summed E-state index contributed by atoms with van der Waals surface area (Å²) in [6.45, 7) is 0. The van der Waals surface area contributed by atoms with Gasteiger partial charge < -0.3 is 0 Å². The van der Waals surface area contributed by atoms with Crippen LogP contribution in [-0.4, -0.2) is 28.0 Å². The number of benzene rings is 2. The van der Waals surface area contributed by atoms with Crippen LogP contribution in [0.2, 0.25) is 5.32 Å². The van der Waals surface area contributed by atoms with E-state index in [1.165, 1.54) is 24.4 Å². The molecule has 0 N–H and O–H groups in total. The molecule has 0 heterocycles. The second-order valence-corrected chi connectivity index (χ2v) is 9.71. The Hall–Kier alpha value is -2.01. The van der Waals surface area contributed by atoms with E-state index < -0.39 is 5.41 Å². The van der Waals surface area contributed by atoms with Gasteiger partial charge in [-0.3, -0.25) is 0 Å². The van der Waals surface area contributed by atoms with Gasteiger partial charge in [-0.25, -0.2) is 0 Å². The fraction of sp³-hybridized carbons (Fsp3) is 0.400. The number of carbonyl (C=O) groups excluding carboxylic acids is 1. The molecule has 0 bridgehead atoms. The third kappa shape index (κ3) is 5.28. The number of esters is 1. The minimum atomic E-state index is -0.469. The van der Waals surface area contributed by atoms with Crippen molar-refractivity contribution in [1.82, 2.24) is 0 Å². The van der Waals surface area contributed by atoms with Crippen LogP contribution in [0, 0.1) is 23.2 Å². The summed E-state index contributed by atoms with van der Waals surface area (Å²) < 4.78 is 6.73. The van der Waals surface area contributed by atoms with Crippen molar-refractivity contribution in [1.29, 1.82) is 0 Å². The molecule has 0 saturated heterocycles. The van der Waals surface area contributed by atoms with Crippen LogP contribution in [0.4, 0.5) is 0 Å². The van der Waals surface area contributed by atoms with Gasteiger partial charge in [0.05, 0.1) is 0 Å². The third-order valence-corrected chi connectivity index (χ3v) is 8.12. The van der Waals surface area contributed by atoms with Gasteiger partial charge in [0.2, 0.25) is 0 Å². The van der Waals surface area contributed by atoms with Crippen LogP contribution in [0.1, 0.15) is 44.1 Å². The molecule has 0 spiro atoms. The fourth-order valence-electron chi connectivity index (χ4n) is 4.05. The summed E-state index contributed by atoms with van der Waals surface area (Å²) in [7, 11) is 1.53. The van der Waals surface area contributed by atoms with Crippen LogP contribution in [0.5, 0.6) is 0 Å². The first-order valence-corrected chi connectivity index (χ1v) is 12.1. The Labute approximate surface area is 175 Å². The SMILES string of the molecule is COC(=O)[C@]1(CC#Cc2ccccc2)CCCCC[C@@H]1C[Se]c1ccccc1. The standard InChI is InChI=1S/C25H28O2Se/c1-27-24(26)25(19-11-14-21-12-5-2-6-13-21)18-10-4-7-15-22(25)20-28-23-16-8-3-9-17-23/h2-3,5-6,8-9,12-13,16-17,22H,4,7,10,15,18-20H2,1H3/t22-,25+/m1/s1. The predicted molar refractivity (Wildman–Crippen MR) is 116 cm³/mol. The molecule has 0 aromatic heterocycles. The van der Waals surface area contributed by atoms with Crippen LogP contribution in [0.15, 0.2) is 60.7 Å². The van der Waals surface area contributed by atoms with E-state index in [1.54, 1.807) is 0 Å². The van der Waals surface area contributed by atoms with E-state index in [-0.39, 0.29) is 5.97 Å². The zero-order chi connectivity index (χ0) is 19.7. The second kappa shape index (κ2) is 10.5. The summed E-state index contributed by atoms with van der Waals surface area (Å²) in [5.41, 5.74) is 0.532. The number of carbonyl (C=O) groups is 1. The van der Waals surface area contributed by atoms with E-state index in [4.69, 9.17) is 4.74 Å². The van der Waals surface area contributed by atoms with Crippen molar-refractivity contribution < 1.29 is 9.53 Å².